The quantitative estimate of drug-likeness (QED) is 0.143. The number of phenolic OH excluding ortho intramolecular Hbond substituents is 2. The molecule has 3 aromatic carbocycles. The van der Waals surface area contributed by atoms with Gasteiger partial charge in [-0.2, -0.15) is 5.10 Å². The van der Waals surface area contributed by atoms with Crippen molar-refractivity contribution in [2.75, 3.05) is 42.9 Å². The molecule has 0 aliphatic carbocycles. The molecule has 0 bridgehead atoms. The van der Waals surface area contributed by atoms with Gasteiger partial charge in [-0.15, -0.1) is 0 Å². The van der Waals surface area contributed by atoms with Gasteiger partial charge in [0.25, 0.3) is 11.8 Å². The van der Waals surface area contributed by atoms with Gasteiger partial charge < -0.3 is 35.0 Å². The lowest BCUT2D eigenvalue weighted by Gasteiger charge is -2.35. The van der Waals surface area contributed by atoms with Crippen LogP contribution < -0.4 is 21.2 Å². The maximum atomic E-state index is 13.4. The van der Waals surface area contributed by atoms with Crippen molar-refractivity contribution in [3.8, 4) is 28.6 Å². The summed E-state index contributed by atoms with van der Waals surface area (Å²) < 4.78 is 6.79. The molecule has 3 aliphatic rings. The molecule has 0 radical (unpaired) electrons. The molecule has 59 heavy (non-hydrogen) atoms. The second-order valence-corrected chi connectivity index (χ2v) is 15.1. The lowest BCUT2D eigenvalue weighted by atomic mass is 9.98. The molecule has 2 aromatic heterocycles. The molecule has 5 heterocycles. The summed E-state index contributed by atoms with van der Waals surface area (Å²) in [7, 11) is 0. The first-order chi connectivity index (χ1) is 28.4. The highest BCUT2D eigenvalue weighted by Gasteiger charge is 2.36. The molecule has 17 nitrogen and oxygen atoms in total. The van der Waals surface area contributed by atoms with E-state index in [1.807, 2.05) is 18.7 Å². The molecule has 5 aromatic rings. The Hall–Kier alpha value is -7.17. The second kappa shape index (κ2) is 16.0. The number of carbonyl (C=O) groups excluding carboxylic acids is 4. The lowest BCUT2D eigenvalue weighted by Crippen LogP contribution is -2.49. The van der Waals surface area contributed by atoms with E-state index in [4.69, 9.17) is 4.74 Å². The van der Waals surface area contributed by atoms with Crippen LogP contribution in [0.3, 0.4) is 0 Å². The minimum absolute atomic E-state index is 0.0221. The molecule has 2 saturated heterocycles. The van der Waals surface area contributed by atoms with Gasteiger partial charge in [-0.25, -0.2) is 24.2 Å². The summed E-state index contributed by atoms with van der Waals surface area (Å²) >= 11 is 0. The maximum Gasteiger partial charge on any atom is 0.411 e. The first kappa shape index (κ1) is 38.7. The van der Waals surface area contributed by atoms with Gasteiger partial charge in [0.15, 0.2) is 5.82 Å². The van der Waals surface area contributed by atoms with E-state index in [1.54, 1.807) is 76.7 Å². The van der Waals surface area contributed by atoms with Gasteiger partial charge in [0.1, 0.15) is 23.9 Å². The largest absolute Gasteiger partial charge is 0.508 e. The van der Waals surface area contributed by atoms with E-state index in [9.17, 15) is 34.2 Å². The van der Waals surface area contributed by atoms with Crippen LogP contribution in [0.25, 0.3) is 17.1 Å². The van der Waals surface area contributed by atoms with Crippen LogP contribution in [0.4, 0.5) is 16.3 Å². The molecule has 1 atom stereocenters. The van der Waals surface area contributed by atoms with Crippen LogP contribution >= 0.6 is 0 Å². The molecule has 8 rings (SSSR count). The number of aromatic nitrogens is 4. The van der Waals surface area contributed by atoms with E-state index in [2.05, 4.69) is 25.8 Å². The van der Waals surface area contributed by atoms with Gasteiger partial charge >= 0.3 is 11.8 Å². The second-order valence-electron chi connectivity index (χ2n) is 15.1. The number of nitrogens with one attached hydrogen (secondary N) is 3. The molecular formula is C42H43N9O8. The molecule has 5 N–H and O–H groups in total. The van der Waals surface area contributed by atoms with Crippen molar-refractivity contribution < 1.29 is 34.1 Å². The van der Waals surface area contributed by atoms with Crippen LogP contribution in [0.5, 0.6) is 11.5 Å². The summed E-state index contributed by atoms with van der Waals surface area (Å²) in [6, 6.07) is 18.3. The van der Waals surface area contributed by atoms with Gasteiger partial charge in [0.05, 0.1) is 23.5 Å². The maximum absolute atomic E-state index is 13.4. The van der Waals surface area contributed by atoms with Crippen LogP contribution in [0, 0.1) is 0 Å². The Bertz CT molecular complexity index is 2480. The number of H-pyrrole nitrogens is 1. The average Bonchev–Trinajstić information content (AvgIpc) is 3.79. The summed E-state index contributed by atoms with van der Waals surface area (Å²) in [6.07, 6.45) is 1.83. The van der Waals surface area contributed by atoms with Crippen molar-refractivity contribution in [3.63, 3.8) is 0 Å². The molecule has 304 valence electrons. The number of ether oxygens (including phenoxy) is 1. The summed E-state index contributed by atoms with van der Waals surface area (Å²) in [5, 5.41) is 33.1. The van der Waals surface area contributed by atoms with Crippen LogP contribution in [0.2, 0.25) is 0 Å². The number of rotatable bonds is 9. The number of carbonyl (C=O) groups is 4. The number of piperidine rings is 1. The fraction of sp³-hybridized carbons (Fsp3) is 0.310. The first-order valence-corrected chi connectivity index (χ1v) is 19.4. The van der Waals surface area contributed by atoms with Crippen molar-refractivity contribution in [2.24, 2.45) is 0 Å². The number of anilines is 2. The minimum Gasteiger partial charge on any atom is -0.508 e. The van der Waals surface area contributed by atoms with E-state index in [-0.39, 0.29) is 59.2 Å². The van der Waals surface area contributed by atoms with Gasteiger partial charge in [-0.05, 0) is 65.9 Å². The predicted molar refractivity (Wildman–Crippen MR) is 216 cm³/mol. The van der Waals surface area contributed by atoms with Crippen molar-refractivity contribution in [1.29, 1.82) is 0 Å². The number of nitrogens with zero attached hydrogens (tertiary/aromatic N) is 6. The summed E-state index contributed by atoms with van der Waals surface area (Å²) in [6.45, 7) is 6.50. The number of piperazine rings is 1. The summed E-state index contributed by atoms with van der Waals surface area (Å²) in [5.41, 5.74) is 3.71. The third kappa shape index (κ3) is 7.78. The Balaban J connectivity index is 0.834. The van der Waals surface area contributed by atoms with E-state index in [0.29, 0.717) is 97.1 Å². The zero-order valence-electron chi connectivity index (χ0n) is 32.5. The van der Waals surface area contributed by atoms with E-state index >= 15 is 0 Å². The Morgan fingerprint density at radius 3 is 2.42 bits per heavy atom. The molecule has 0 saturated carbocycles. The molecule has 1 unspecified atom stereocenters. The predicted octanol–water partition coefficient (Wildman–Crippen LogP) is 4.10. The van der Waals surface area contributed by atoms with E-state index in [0.717, 1.165) is 0 Å². The van der Waals surface area contributed by atoms with Crippen molar-refractivity contribution in [3.05, 3.63) is 111 Å². The SMILES string of the molecule is CC(C)c1cc(-c2n[nH]c(=O)n2-c2ccc(N3CCN(C(=O)c4ccc(COC(=O)Nc5cccc6c5CN(C5CCC(=O)NC5)C6=O)cc4)CC3)nc2)c(O)cc1O. The summed E-state index contributed by atoms with van der Waals surface area (Å²) in [5.74, 6) is 0.270. The van der Waals surface area contributed by atoms with Gasteiger partial charge in [-0.1, -0.05) is 32.0 Å². The number of pyridine rings is 1. The summed E-state index contributed by atoms with van der Waals surface area (Å²) in [4.78, 5) is 74.0. The number of aromatic amines is 1. The Labute approximate surface area is 338 Å². The monoisotopic (exact) mass is 801 g/mol. The van der Waals surface area contributed by atoms with Crippen LogP contribution in [0.1, 0.15) is 70.0 Å². The van der Waals surface area contributed by atoms with Crippen molar-refractivity contribution >= 4 is 35.3 Å². The van der Waals surface area contributed by atoms with Crippen LogP contribution in [-0.2, 0) is 22.7 Å². The molecule has 17 heteroatoms. The van der Waals surface area contributed by atoms with E-state index in [1.165, 1.54) is 10.6 Å². The number of phenols is 2. The number of aromatic hydroxyl groups is 2. The molecule has 0 spiro atoms. The number of amides is 4. The Kier molecular flexibility index (Phi) is 10.5. The van der Waals surface area contributed by atoms with Gasteiger partial charge in [-0.3, -0.25) is 19.7 Å². The lowest BCUT2D eigenvalue weighted by molar-refractivity contribution is -0.123. The number of benzene rings is 3. The Morgan fingerprint density at radius 1 is 0.949 bits per heavy atom. The van der Waals surface area contributed by atoms with Crippen LogP contribution in [-0.4, -0.2) is 102 Å². The molecule has 3 aliphatic heterocycles. The third-order valence-electron chi connectivity index (χ3n) is 11.0. The molecule has 2 fully saturated rings. The minimum atomic E-state index is -0.675. The number of hydrogen-bond acceptors (Lipinski definition) is 11. The van der Waals surface area contributed by atoms with Gasteiger partial charge in [0, 0.05) is 74.1 Å². The third-order valence-corrected chi connectivity index (χ3v) is 11.0. The number of hydrogen-bond donors (Lipinski definition) is 5. The molecule has 4 amide bonds. The van der Waals surface area contributed by atoms with Gasteiger partial charge in [0.2, 0.25) is 5.91 Å². The normalized spacial score (nSPS) is 16.6. The highest BCUT2D eigenvalue weighted by Crippen LogP contribution is 2.37. The topological polar surface area (TPSA) is 215 Å². The van der Waals surface area contributed by atoms with Crippen molar-refractivity contribution in [1.82, 2.24) is 34.9 Å². The average molecular weight is 802 g/mol. The fourth-order valence-corrected chi connectivity index (χ4v) is 7.76. The fourth-order valence-electron chi connectivity index (χ4n) is 7.76. The van der Waals surface area contributed by atoms with Crippen LogP contribution in [0.15, 0.2) is 77.7 Å². The first-order valence-electron chi connectivity index (χ1n) is 19.4. The van der Waals surface area contributed by atoms with Crippen molar-refractivity contribution in [2.45, 2.75) is 51.8 Å². The Morgan fingerprint density at radius 2 is 1.73 bits per heavy atom. The van der Waals surface area contributed by atoms with E-state index < -0.39 is 11.8 Å². The highest BCUT2D eigenvalue weighted by atomic mass is 16.5. The highest BCUT2D eigenvalue weighted by molar-refractivity contribution is 6.01. The molecular weight excluding hydrogens is 759 g/mol. The number of fused-ring (bicyclic) bond motifs is 1. The zero-order chi connectivity index (χ0) is 41.4. The smallest absolute Gasteiger partial charge is 0.411 e. The zero-order valence-corrected chi connectivity index (χ0v) is 32.5. The standard InChI is InChI=1S/C42H43N9O8/c1-24(2)30-18-31(35(53)19-34(30)52)38-46-47-41(57)51(38)28-10-12-36(43-21-28)48-14-16-49(17-15-48)39(55)26-8-6-25(7-9-26)23-59-42(58)45-33-5-3-4-29-32(33)22-50(40(29)56)27-11-13-37(54)44-20-27/h3-10,12,18-19,21,24,27,52-53H,11,13-17,20,22-23H2,1-2H3,(H,44,54)(H,45,58)(H,47,57).